The molecule has 0 unspecified atom stereocenters. The maximum atomic E-state index is 13.2. The van der Waals surface area contributed by atoms with Gasteiger partial charge in [-0.05, 0) is 43.2 Å². The molecule has 1 heterocycles. The molecular weight excluding hydrogens is 439 g/mol. The van der Waals surface area contributed by atoms with Crippen molar-refractivity contribution in [2.24, 2.45) is 0 Å². The van der Waals surface area contributed by atoms with Crippen LogP contribution in [0.15, 0.2) is 78.9 Å². The average molecular weight is 470 g/mol. The number of benzene rings is 3. The number of nitrogens with zero attached hydrogens (tertiary/aromatic N) is 2. The van der Waals surface area contributed by atoms with Gasteiger partial charge in [0.2, 0.25) is 0 Å². The number of alkyl halides is 3. The van der Waals surface area contributed by atoms with E-state index in [1.54, 1.807) is 12.1 Å². The van der Waals surface area contributed by atoms with Gasteiger partial charge in [-0.2, -0.15) is 0 Å². The lowest BCUT2D eigenvalue weighted by Crippen LogP contribution is -2.48. The summed E-state index contributed by atoms with van der Waals surface area (Å²) in [6.45, 7) is 7.81. The van der Waals surface area contributed by atoms with Gasteiger partial charge in [0.25, 0.3) is 0 Å². The minimum absolute atomic E-state index is 0.242. The third kappa shape index (κ3) is 6.03. The number of anilines is 2. The molecule has 4 nitrogen and oxygen atoms in total. The molecule has 1 aliphatic rings. The fourth-order valence-corrected chi connectivity index (χ4v) is 4.34. The fraction of sp³-hybridized carbons (Fsp3) is 0.333. The predicted octanol–water partition coefficient (Wildman–Crippen LogP) is 6.32. The van der Waals surface area contributed by atoms with Crippen molar-refractivity contribution in [1.29, 1.82) is 0 Å². The van der Waals surface area contributed by atoms with E-state index in [-0.39, 0.29) is 11.8 Å². The number of piperazine rings is 1. The van der Waals surface area contributed by atoms with E-state index >= 15 is 0 Å². The second kappa shape index (κ2) is 10.4. The SMILES string of the molecule is CC(C)N1CCN(c2ccc(OC(F)(F)F)c(NC(c3ccccc3)c3ccccc3)c2)CC1. The summed E-state index contributed by atoms with van der Waals surface area (Å²) in [6, 6.07) is 24.4. The van der Waals surface area contributed by atoms with Crippen LogP contribution in [0.2, 0.25) is 0 Å². The first kappa shape index (κ1) is 24.0. The maximum absolute atomic E-state index is 13.2. The van der Waals surface area contributed by atoms with E-state index in [0.29, 0.717) is 11.7 Å². The highest BCUT2D eigenvalue weighted by Gasteiger charge is 2.33. The van der Waals surface area contributed by atoms with Gasteiger partial charge in [-0.1, -0.05) is 60.7 Å². The van der Waals surface area contributed by atoms with Crippen molar-refractivity contribution in [3.63, 3.8) is 0 Å². The van der Waals surface area contributed by atoms with E-state index in [1.165, 1.54) is 6.07 Å². The number of halogens is 3. The zero-order valence-corrected chi connectivity index (χ0v) is 19.4. The Labute approximate surface area is 199 Å². The van der Waals surface area contributed by atoms with Gasteiger partial charge in [0.05, 0.1) is 11.7 Å². The van der Waals surface area contributed by atoms with Crippen LogP contribution in [0.3, 0.4) is 0 Å². The minimum Gasteiger partial charge on any atom is -0.404 e. The summed E-state index contributed by atoms with van der Waals surface area (Å²) in [5.74, 6) is -0.242. The first-order chi connectivity index (χ1) is 16.3. The van der Waals surface area contributed by atoms with Crippen molar-refractivity contribution in [3.05, 3.63) is 90.0 Å². The topological polar surface area (TPSA) is 27.7 Å². The third-order valence-corrected chi connectivity index (χ3v) is 6.16. The summed E-state index contributed by atoms with van der Waals surface area (Å²) in [7, 11) is 0. The van der Waals surface area contributed by atoms with Gasteiger partial charge < -0.3 is 15.0 Å². The first-order valence-electron chi connectivity index (χ1n) is 11.6. The maximum Gasteiger partial charge on any atom is 0.573 e. The number of ether oxygens (including phenoxy) is 1. The van der Waals surface area contributed by atoms with Crippen molar-refractivity contribution in [2.45, 2.75) is 32.3 Å². The molecule has 1 aliphatic heterocycles. The van der Waals surface area contributed by atoms with Crippen LogP contribution in [-0.2, 0) is 0 Å². The van der Waals surface area contributed by atoms with Crippen molar-refractivity contribution < 1.29 is 17.9 Å². The molecule has 0 aliphatic carbocycles. The number of nitrogens with one attached hydrogen (secondary N) is 1. The van der Waals surface area contributed by atoms with Crippen LogP contribution in [0.5, 0.6) is 5.75 Å². The van der Waals surface area contributed by atoms with Crippen LogP contribution in [0.25, 0.3) is 0 Å². The molecule has 4 rings (SSSR count). The molecule has 1 fully saturated rings. The zero-order valence-electron chi connectivity index (χ0n) is 19.4. The first-order valence-corrected chi connectivity index (χ1v) is 11.6. The molecule has 180 valence electrons. The minimum atomic E-state index is -4.78. The monoisotopic (exact) mass is 469 g/mol. The van der Waals surface area contributed by atoms with Crippen molar-refractivity contribution in [3.8, 4) is 5.75 Å². The molecule has 0 amide bonds. The summed E-state index contributed by atoms with van der Waals surface area (Å²) >= 11 is 0. The van der Waals surface area contributed by atoms with Crippen LogP contribution in [0.1, 0.15) is 31.0 Å². The van der Waals surface area contributed by atoms with Gasteiger partial charge in [0, 0.05) is 37.9 Å². The van der Waals surface area contributed by atoms with Gasteiger partial charge in [0.15, 0.2) is 5.75 Å². The normalized spacial score (nSPS) is 15.1. The van der Waals surface area contributed by atoms with Crippen LogP contribution >= 0.6 is 0 Å². The Morgan fingerprint density at radius 3 is 1.85 bits per heavy atom. The molecule has 3 aromatic rings. The lowest BCUT2D eigenvalue weighted by molar-refractivity contribution is -0.274. The second-order valence-electron chi connectivity index (χ2n) is 8.74. The van der Waals surface area contributed by atoms with Crippen molar-refractivity contribution >= 4 is 11.4 Å². The van der Waals surface area contributed by atoms with Gasteiger partial charge in [0.1, 0.15) is 0 Å². The smallest absolute Gasteiger partial charge is 0.404 e. The average Bonchev–Trinajstić information content (AvgIpc) is 2.83. The molecule has 1 saturated heterocycles. The molecule has 34 heavy (non-hydrogen) atoms. The summed E-state index contributed by atoms with van der Waals surface area (Å²) in [6.07, 6.45) is -4.78. The second-order valence-corrected chi connectivity index (χ2v) is 8.74. The zero-order chi connectivity index (χ0) is 24.1. The van der Waals surface area contributed by atoms with Crippen LogP contribution < -0.4 is 15.0 Å². The molecule has 0 atom stereocenters. The van der Waals surface area contributed by atoms with Crippen LogP contribution in [0.4, 0.5) is 24.5 Å². The number of hydrogen-bond donors (Lipinski definition) is 1. The lowest BCUT2D eigenvalue weighted by Gasteiger charge is -2.38. The Bertz CT molecular complexity index is 1010. The van der Waals surface area contributed by atoms with Gasteiger partial charge >= 0.3 is 6.36 Å². The summed E-state index contributed by atoms with van der Waals surface area (Å²) in [5.41, 5.74) is 3.07. The molecule has 0 radical (unpaired) electrons. The highest BCUT2D eigenvalue weighted by Crippen LogP contribution is 2.37. The highest BCUT2D eigenvalue weighted by atomic mass is 19.4. The Hall–Kier alpha value is -3.19. The molecule has 3 aromatic carbocycles. The van der Waals surface area contributed by atoms with E-state index in [4.69, 9.17) is 0 Å². The van der Waals surface area contributed by atoms with Crippen molar-refractivity contribution in [1.82, 2.24) is 4.90 Å². The largest absolute Gasteiger partial charge is 0.573 e. The highest BCUT2D eigenvalue weighted by molar-refractivity contribution is 5.67. The molecule has 0 bridgehead atoms. The molecule has 0 spiro atoms. The predicted molar refractivity (Wildman–Crippen MR) is 130 cm³/mol. The molecular formula is C27H30F3N3O. The standard InChI is InChI=1S/C27H30F3N3O/c1-20(2)32-15-17-33(18-16-32)23-13-14-25(34-27(28,29)30)24(19-23)31-26(21-9-5-3-6-10-21)22-11-7-4-8-12-22/h3-14,19-20,26,31H,15-18H2,1-2H3. The molecule has 7 heteroatoms. The number of rotatable bonds is 7. The Kier molecular flexibility index (Phi) is 7.32. The van der Waals surface area contributed by atoms with E-state index < -0.39 is 6.36 Å². The third-order valence-electron chi connectivity index (χ3n) is 6.16. The Balaban J connectivity index is 1.68. The van der Waals surface area contributed by atoms with E-state index in [1.807, 2.05) is 60.7 Å². The molecule has 1 N–H and O–H groups in total. The van der Waals surface area contributed by atoms with Crippen molar-refractivity contribution in [2.75, 3.05) is 36.4 Å². The van der Waals surface area contributed by atoms with Gasteiger partial charge in [-0.3, -0.25) is 4.90 Å². The lowest BCUT2D eigenvalue weighted by atomic mass is 9.98. The Morgan fingerprint density at radius 2 is 1.35 bits per heavy atom. The van der Waals surface area contributed by atoms with Crippen LogP contribution in [-0.4, -0.2) is 43.5 Å². The van der Waals surface area contributed by atoms with Gasteiger partial charge in [-0.15, -0.1) is 13.2 Å². The van der Waals surface area contributed by atoms with Gasteiger partial charge in [-0.25, -0.2) is 0 Å². The van der Waals surface area contributed by atoms with Crippen LogP contribution in [0, 0.1) is 0 Å². The summed E-state index contributed by atoms with van der Waals surface area (Å²) in [5, 5.41) is 3.35. The summed E-state index contributed by atoms with van der Waals surface area (Å²) < 4.78 is 44.0. The van der Waals surface area contributed by atoms with E-state index in [9.17, 15) is 13.2 Å². The quantitative estimate of drug-likeness (QED) is 0.438. The molecule has 0 aromatic heterocycles. The molecule has 0 saturated carbocycles. The number of hydrogen-bond acceptors (Lipinski definition) is 4. The van der Waals surface area contributed by atoms with E-state index in [0.717, 1.165) is 43.0 Å². The fourth-order valence-electron chi connectivity index (χ4n) is 4.34. The summed E-state index contributed by atoms with van der Waals surface area (Å²) in [4.78, 5) is 4.61. The Morgan fingerprint density at radius 1 is 0.794 bits per heavy atom. The van der Waals surface area contributed by atoms with E-state index in [2.05, 4.69) is 33.7 Å².